The van der Waals surface area contributed by atoms with Crippen molar-refractivity contribution in [2.45, 2.75) is 12.8 Å². The molecule has 0 aliphatic rings. The average Bonchev–Trinajstić information content (AvgIpc) is 2.72. The third kappa shape index (κ3) is 5.38. The molecule has 4 aromatic rings. The van der Waals surface area contributed by atoms with Crippen LogP contribution >= 0.6 is 0 Å². The quantitative estimate of drug-likeness (QED) is 0.336. The molecule has 1 heterocycles. The van der Waals surface area contributed by atoms with E-state index in [-0.39, 0.29) is 17.0 Å². The van der Waals surface area contributed by atoms with Crippen LogP contribution in [0.25, 0.3) is 32.9 Å². The zero-order valence-electron chi connectivity index (χ0n) is 18.0. The molecule has 3 nitrogen and oxygen atoms in total. The Labute approximate surface area is 190 Å². The Morgan fingerprint density at radius 3 is 2.33 bits per heavy atom. The van der Waals surface area contributed by atoms with Crippen molar-refractivity contribution in [2.24, 2.45) is 0 Å². The Bertz CT molecular complexity index is 1130. The molecule has 4 rings (SSSR count). The molecule has 0 unspecified atom stereocenters. The summed E-state index contributed by atoms with van der Waals surface area (Å²) >= 11 is 0. The molecule has 0 aliphatic heterocycles. The monoisotopic (exact) mass is 463 g/mol. The van der Waals surface area contributed by atoms with E-state index in [4.69, 9.17) is 4.98 Å². The Morgan fingerprint density at radius 2 is 1.53 bits per heavy atom. The van der Waals surface area contributed by atoms with Crippen LogP contribution in [0.5, 0.6) is 0 Å². The van der Waals surface area contributed by atoms with Crippen LogP contribution in [0.1, 0.15) is 12.8 Å². The molecule has 3 aromatic carbocycles. The van der Waals surface area contributed by atoms with E-state index in [0.29, 0.717) is 0 Å². The number of aromatic nitrogens is 1. The van der Waals surface area contributed by atoms with Gasteiger partial charge in [-0.05, 0) is 41.8 Å². The molecule has 0 atom stereocenters. The van der Waals surface area contributed by atoms with Crippen molar-refractivity contribution < 1.29 is 21.5 Å². The third-order valence-corrected chi connectivity index (χ3v) is 5.33. The van der Waals surface area contributed by atoms with Gasteiger partial charge < -0.3 is 26.8 Å². The number of para-hydroxylation sites is 1. The lowest BCUT2D eigenvalue weighted by Gasteiger charge is -2.23. The van der Waals surface area contributed by atoms with Crippen LogP contribution in [-0.4, -0.2) is 43.7 Å². The summed E-state index contributed by atoms with van der Waals surface area (Å²) < 4.78 is 1.02. The molecule has 30 heavy (non-hydrogen) atoms. The number of nitrogens with zero attached hydrogens (tertiary/aromatic N) is 2. The molecule has 0 bridgehead atoms. The van der Waals surface area contributed by atoms with E-state index >= 15 is 0 Å². The van der Waals surface area contributed by atoms with Crippen LogP contribution in [0, 0.1) is 0 Å². The van der Waals surface area contributed by atoms with Crippen molar-refractivity contribution in [3.8, 4) is 11.3 Å². The lowest BCUT2D eigenvalue weighted by molar-refractivity contribution is -0.870. The fourth-order valence-electron chi connectivity index (χ4n) is 3.75. The third-order valence-electron chi connectivity index (χ3n) is 5.33. The summed E-state index contributed by atoms with van der Waals surface area (Å²) in [5.74, 6) is 0. The van der Waals surface area contributed by atoms with Gasteiger partial charge in [0.05, 0.1) is 38.9 Å². The number of nitrogens with one attached hydrogen (secondary N) is 1. The maximum atomic E-state index is 4.95. The van der Waals surface area contributed by atoms with E-state index in [1.165, 1.54) is 34.8 Å². The highest BCUT2D eigenvalue weighted by Gasteiger charge is 2.09. The molecule has 0 fully saturated rings. The number of hydrogen-bond donors (Lipinski definition) is 1. The Kier molecular flexibility index (Phi) is 7.11. The first-order valence-electron chi connectivity index (χ1n) is 10.4. The standard InChI is InChI=1S/C26H30N3.BrH/c1-29(2,3)17-9-8-16-27-26-19-25(28-24-13-7-6-12-23(24)26)22-15-14-20-10-4-5-11-21(20)18-22;/h4-7,10-15,18-19H,8-9,16-17H2,1-3H3,(H,27,28);1H/q+1;/p-1. The van der Waals surface area contributed by atoms with Gasteiger partial charge in [0.1, 0.15) is 0 Å². The zero-order chi connectivity index (χ0) is 20.3. The highest BCUT2D eigenvalue weighted by Crippen LogP contribution is 2.30. The molecule has 1 N–H and O–H groups in total. The highest BCUT2D eigenvalue weighted by atomic mass is 79.9. The van der Waals surface area contributed by atoms with Crippen molar-refractivity contribution >= 4 is 27.4 Å². The van der Waals surface area contributed by atoms with Gasteiger partial charge in [-0.2, -0.15) is 0 Å². The van der Waals surface area contributed by atoms with E-state index in [1.807, 2.05) is 0 Å². The molecule has 0 radical (unpaired) electrons. The number of hydrogen-bond acceptors (Lipinski definition) is 2. The number of halogens is 1. The molecule has 4 heteroatoms. The van der Waals surface area contributed by atoms with E-state index in [2.05, 4.69) is 99.3 Å². The van der Waals surface area contributed by atoms with E-state index < -0.39 is 0 Å². The van der Waals surface area contributed by atoms with Gasteiger partial charge in [-0.25, -0.2) is 4.98 Å². The second-order valence-corrected chi connectivity index (χ2v) is 8.78. The van der Waals surface area contributed by atoms with Crippen LogP contribution < -0.4 is 22.3 Å². The van der Waals surface area contributed by atoms with Crippen LogP contribution in [0.4, 0.5) is 5.69 Å². The van der Waals surface area contributed by atoms with Crippen molar-refractivity contribution in [2.75, 3.05) is 39.5 Å². The lowest BCUT2D eigenvalue weighted by Crippen LogP contribution is -3.00. The molecule has 0 spiro atoms. The minimum Gasteiger partial charge on any atom is -1.00 e. The highest BCUT2D eigenvalue weighted by molar-refractivity contribution is 5.95. The number of rotatable bonds is 7. The second kappa shape index (κ2) is 9.59. The number of quaternary nitrogens is 1. The SMILES string of the molecule is C[N+](C)(C)CCCCNc1cc(-c2ccc3ccccc3c2)nc2ccccc12.[Br-]. The number of pyridine rings is 1. The largest absolute Gasteiger partial charge is 1.00 e. The summed E-state index contributed by atoms with van der Waals surface area (Å²) in [6.45, 7) is 2.17. The zero-order valence-corrected chi connectivity index (χ0v) is 19.6. The average molecular weight is 464 g/mol. The Hall–Kier alpha value is -2.43. The Morgan fingerprint density at radius 1 is 0.800 bits per heavy atom. The van der Waals surface area contributed by atoms with Gasteiger partial charge in [0.25, 0.3) is 0 Å². The fourth-order valence-corrected chi connectivity index (χ4v) is 3.75. The molecule has 0 amide bonds. The van der Waals surface area contributed by atoms with Crippen LogP contribution in [0.3, 0.4) is 0 Å². The Balaban J connectivity index is 0.00000256. The maximum Gasteiger partial charge on any atom is 0.0781 e. The number of anilines is 1. The van der Waals surface area contributed by atoms with Gasteiger partial charge in [0.15, 0.2) is 0 Å². The van der Waals surface area contributed by atoms with Crippen molar-refractivity contribution in [1.82, 2.24) is 4.98 Å². The minimum atomic E-state index is 0. The van der Waals surface area contributed by atoms with Crippen molar-refractivity contribution in [1.29, 1.82) is 0 Å². The predicted molar refractivity (Wildman–Crippen MR) is 125 cm³/mol. The first kappa shape index (κ1) is 22.3. The summed E-state index contributed by atoms with van der Waals surface area (Å²) in [4.78, 5) is 4.95. The van der Waals surface area contributed by atoms with E-state index in [0.717, 1.165) is 34.2 Å². The lowest BCUT2D eigenvalue weighted by atomic mass is 10.0. The first-order valence-corrected chi connectivity index (χ1v) is 10.4. The fraction of sp³-hybridized carbons (Fsp3) is 0.269. The first-order chi connectivity index (χ1) is 14.0. The van der Waals surface area contributed by atoms with Gasteiger partial charge >= 0.3 is 0 Å². The van der Waals surface area contributed by atoms with Crippen LogP contribution in [0.2, 0.25) is 0 Å². The molecule has 156 valence electrons. The topological polar surface area (TPSA) is 24.9 Å². The van der Waals surface area contributed by atoms with Crippen LogP contribution in [-0.2, 0) is 0 Å². The summed E-state index contributed by atoms with van der Waals surface area (Å²) in [6.07, 6.45) is 2.38. The molecule has 0 saturated carbocycles. The predicted octanol–water partition coefficient (Wildman–Crippen LogP) is 2.96. The normalized spacial score (nSPS) is 11.4. The number of unbranched alkanes of at least 4 members (excludes halogenated alkanes) is 1. The molecule has 1 aromatic heterocycles. The minimum absolute atomic E-state index is 0. The van der Waals surface area contributed by atoms with Gasteiger partial charge in [-0.1, -0.05) is 54.6 Å². The smallest absolute Gasteiger partial charge is 0.0781 e. The molecular formula is C26H30BrN3. The second-order valence-electron chi connectivity index (χ2n) is 8.78. The van der Waals surface area contributed by atoms with Gasteiger partial charge in [-0.3, -0.25) is 0 Å². The van der Waals surface area contributed by atoms with Crippen LogP contribution in [0.15, 0.2) is 72.8 Å². The summed E-state index contributed by atoms with van der Waals surface area (Å²) in [5, 5.41) is 7.36. The van der Waals surface area contributed by atoms with Crippen molar-refractivity contribution in [3.05, 3.63) is 72.8 Å². The summed E-state index contributed by atoms with van der Waals surface area (Å²) in [7, 11) is 6.75. The number of fused-ring (bicyclic) bond motifs is 2. The van der Waals surface area contributed by atoms with E-state index in [9.17, 15) is 0 Å². The van der Waals surface area contributed by atoms with Gasteiger partial charge in [0.2, 0.25) is 0 Å². The van der Waals surface area contributed by atoms with Crippen molar-refractivity contribution in [3.63, 3.8) is 0 Å². The van der Waals surface area contributed by atoms with E-state index in [1.54, 1.807) is 0 Å². The summed E-state index contributed by atoms with van der Waals surface area (Å²) in [6, 6.07) is 25.7. The number of benzene rings is 3. The summed E-state index contributed by atoms with van der Waals surface area (Å²) in [5.41, 5.74) is 4.38. The molecule has 0 aliphatic carbocycles. The molecule has 0 saturated heterocycles. The van der Waals surface area contributed by atoms with Gasteiger partial charge in [0, 0.05) is 23.2 Å². The maximum absolute atomic E-state index is 4.95. The molecular weight excluding hydrogens is 434 g/mol. The van der Waals surface area contributed by atoms with Gasteiger partial charge in [-0.15, -0.1) is 0 Å².